The third-order valence-electron chi connectivity index (χ3n) is 3.25. The van der Waals surface area contributed by atoms with Crippen LogP contribution in [0.1, 0.15) is 22.5 Å². The minimum Gasteiger partial charge on any atom is -0.396 e. The number of carbonyl (C=O) groups is 1. The Morgan fingerprint density at radius 2 is 2.26 bits per heavy atom. The van der Waals surface area contributed by atoms with Crippen molar-refractivity contribution in [3.63, 3.8) is 0 Å². The molecule has 0 radical (unpaired) electrons. The van der Waals surface area contributed by atoms with Crippen LogP contribution in [0.3, 0.4) is 0 Å². The molecule has 1 amide bonds. The van der Waals surface area contributed by atoms with Gasteiger partial charge in [0, 0.05) is 25.5 Å². The third kappa shape index (κ3) is 2.41. The van der Waals surface area contributed by atoms with E-state index in [1.165, 1.54) is 11.3 Å². The summed E-state index contributed by atoms with van der Waals surface area (Å²) in [5.41, 5.74) is 7.20. The fraction of sp³-hybridized carbons (Fsp3) is 0.385. The van der Waals surface area contributed by atoms with Gasteiger partial charge in [0.2, 0.25) is 0 Å². The second kappa shape index (κ2) is 5.14. The lowest BCUT2D eigenvalue weighted by molar-refractivity contribution is 0.0699. The average molecular weight is 277 g/mol. The van der Waals surface area contributed by atoms with Crippen molar-refractivity contribution in [2.45, 2.75) is 18.9 Å². The summed E-state index contributed by atoms with van der Waals surface area (Å²) in [4.78, 5) is 17.0. The molecule has 0 bridgehead atoms. The zero-order chi connectivity index (χ0) is 13.2. The van der Waals surface area contributed by atoms with E-state index in [-0.39, 0.29) is 11.9 Å². The van der Waals surface area contributed by atoms with E-state index in [0.717, 1.165) is 17.5 Å². The van der Waals surface area contributed by atoms with Crippen LogP contribution < -0.4 is 11.1 Å². The molecule has 0 aromatic carbocycles. The molecule has 0 spiro atoms. The molecule has 0 atom stereocenters. The van der Waals surface area contributed by atoms with Crippen LogP contribution in [-0.2, 0) is 4.74 Å². The summed E-state index contributed by atoms with van der Waals surface area (Å²) in [6.07, 6.45) is 3.40. The number of rotatable bonds is 2. The fourth-order valence-corrected chi connectivity index (χ4v) is 3.19. The first-order valence-corrected chi connectivity index (χ1v) is 7.09. The van der Waals surface area contributed by atoms with Gasteiger partial charge in [0.05, 0.1) is 10.4 Å². The standard InChI is InChI=1S/C13H15N3O2S/c14-10-11-9(2-1-5-15-11)19-12(10)13(17)16-8-3-6-18-7-4-8/h1-2,5,8H,3-4,6-7,14H2,(H,16,17). The predicted octanol–water partition coefficient (Wildman–Crippen LogP) is 1.79. The smallest absolute Gasteiger partial charge is 0.263 e. The van der Waals surface area contributed by atoms with Gasteiger partial charge in [-0.25, -0.2) is 0 Å². The minimum absolute atomic E-state index is 0.104. The summed E-state index contributed by atoms with van der Waals surface area (Å²) in [6, 6.07) is 3.95. The van der Waals surface area contributed by atoms with E-state index in [0.29, 0.717) is 29.3 Å². The van der Waals surface area contributed by atoms with E-state index >= 15 is 0 Å². The maximum atomic E-state index is 12.3. The molecule has 3 N–H and O–H groups in total. The first-order valence-electron chi connectivity index (χ1n) is 6.27. The van der Waals surface area contributed by atoms with Gasteiger partial charge in [-0.15, -0.1) is 11.3 Å². The molecule has 100 valence electrons. The SMILES string of the molecule is Nc1c(C(=O)NC2CCOCC2)sc2cccnc12. The van der Waals surface area contributed by atoms with Gasteiger partial charge in [0.25, 0.3) is 5.91 Å². The predicted molar refractivity (Wildman–Crippen MR) is 75.3 cm³/mol. The van der Waals surface area contributed by atoms with Crippen molar-refractivity contribution in [2.75, 3.05) is 18.9 Å². The molecular formula is C13H15N3O2S. The number of aromatic nitrogens is 1. The van der Waals surface area contributed by atoms with Crippen molar-refractivity contribution in [3.8, 4) is 0 Å². The third-order valence-corrected chi connectivity index (χ3v) is 4.40. The number of nitrogens with two attached hydrogens (primary N) is 1. The van der Waals surface area contributed by atoms with Crippen LogP contribution in [0.25, 0.3) is 10.2 Å². The maximum absolute atomic E-state index is 12.3. The zero-order valence-electron chi connectivity index (χ0n) is 10.4. The van der Waals surface area contributed by atoms with E-state index in [9.17, 15) is 4.79 Å². The van der Waals surface area contributed by atoms with Gasteiger partial charge in [-0.3, -0.25) is 9.78 Å². The molecular weight excluding hydrogens is 262 g/mol. The highest BCUT2D eigenvalue weighted by atomic mass is 32.1. The molecule has 6 heteroatoms. The zero-order valence-corrected chi connectivity index (χ0v) is 11.2. The minimum atomic E-state index is -0.104. The number of nitrogens with one attached hydrogen (secondary N) is 1. The summed E-state index contributed by atoms with van der Waals surface area (Å²) in [5.74, 6) is -0.104. The van der Waals surface area contributed by atoms with Crippen LogP contribution in [-0.4, -0.2) is 30.1 Å². The Hall–Kier alpha value is -1.66. The number of nitrogen functional groups attached to an aromatic ring is 1. The van der Waals surface area contributed by atoms with Crippen molar-refractivity contribution < 1.29 is 9.53 Å². The molecule has 0 aliphatic carbocycles. The number of anilines is 1. The Morgan fingerprint density at radius 1 is 1.47 bits per heavy atom. The second-order valence-electron chi connectivity index (χ2n) is 4.56. The highest BCUT2D eigenvalue weighted by molar-refractivity contribution is 7.21. The number of hydrogen-bond acceptors (Lipinski definition) is 5. The average Bonchev–Trinajstić information content (AvgIpc) is 2.78. The van der Waals surface area contributed by atoms with Gasteiger partial charge < -0.3 is 15.8 Å². The largest absolute Gasteiger partial charge is 0.396 e. The number of ether oxygens (including phenoxy) is 1. The van der Waals surface area contributed by atoms with Crippen molar-refractivity contribution in [1.82, 2.24) is 10.3 Å². The molecule has 1 fully saturated rings. The van der Waals surface area contributed by atoms with Gasteiger partial charge in [0.1, 0.15) is 10.4 Å². The number of nitrogens with zero attached hydrogens (tertiary/aromatic N) is 1. The molecule has 1 aliphatic rings. The summed E-state index contributed by atoms with van der Waals surface area (Å²) >= 11 is 1.39. The van der Waals surface area contributed by atoms with E-state index in [1.54, 1.807) is 6.20 Å². The van der Waals surface area contributed by atoms with Crippen LogP contribution in [0.15, 0.2) is 18.3 Å². The van der Waals surface area contributed by atoms with Crippen molar-refractivity contribution in [3.05, 3.63) is 23.2 Å². The van der Waals surface area contributed by atoms with Crippen LogP contribution >= 0.6 is 11.3 Å². The highest BCUT2D eigenvalue weighted by Gasteiger charge is 2.21. The first kappa shape index (κ1) is 12.4. The molecule has 1 saturated heterocycles. The second-order valence-corrected chi connectivity index (χ2v) is 5.61. The Bertz CT molecular complexity index is 605. The highest BCUT2D eigenvalue weighted by Crippen LogP contribution is 2.31. The molecule has 2 aromatic rings. The van der Waals surface area contributed by atoms with Crippen LogP contribution in [0.2, 0.25) is 0 Å². The fourth-order valence-electron chi connectivity index (χ4n) is 2.21. The first-order chi connectivity index (χ1) is 9.25. The van der Waals surface area contributed by atoms with E-state index in [1.807, 2.05) is 12.1 Å². The lowest BCUT2D eigenvalue weighted by Gasteiger charge is -2.22. The van der Waals surface area contributed by atoms with Gasteiger partial charge in [-0.1, -0.05) is 0 Å². The monoisotopic (exact) mass is 277 g/mol. The van der Waals surface area contributed by atoms with Gasteiger partial charge >= 0.3 is 0 Å². The molecule has 3 rings (SSSR count). The lowest BCUT2D eigenvalue weighted by Crippen LogP contribution is -2.38. The number of fused-ring (bicyclic) bond motifs is 1. The van der Waals surface area contributed by atoms with E-state index < -0.39 is 0 Å². The van der Waals surface area contributed by atoms with E-state index in [4.69, 9.17) is 10.5 Å². The Morgan fingerprint density at radius 3 is 3.00 bits per heavy atom. The maximum Gasteiger partial charge on any atom is 0.263 e. The Kier molecular flexibility index (Phi) is 3.35. The Balaban J connectivity index is 1.83. The Labute approximate surface area is 114 Å². The van der Waals surface area contributed by atoms with Crippen molar-refractivity contribution in [1.29, 1.82) is 0 Å². The molecule has 5 nitrogen and oxygen atoms in total. The number of pyridine rings is 1. The summed E-state index contributed by atoms with van der Waals surface area (Å²) < 4.78 is 6.22. The molecule has 0 saturated carbocycles. The molecule has 3 heterocycles. The summed E-state index contributed by atoms with van der Waals surface area (Å²) in [5, 5.41) is 3.02. The van der Waals surface area contributed by atoms with Crippen LogP contribution in [0.4, 0.5) is 5.69 Å². The van der Waals surface area contributed by atoms with Gasteiger partial charge in [-0.05, 0) is 25.0 Å². The molecule has 0 unspecified atom stereocenters. The number of hydrogen-bond donors (Lipinski definition) is 2. The van der Waals surface area contributed by atoms with Crippen LogP contribution in [0, 0.1) is 0 Å². The number of carbonyl (C=O) groups excluding carboxylic acids is 1. The summed E-state index contributed by atoms with van der Waals surface area (Å²) in [6.45, 7) is 1.41. The van der Waals surface area contributed by atoms with E-state index in [2.05, 4.69) is 10.3 Å². The van der Waals surface area contributed by atoms with Gasteiger partial charge in [0.15, 0.2) is 0 Å². The van der Waals surface area contributed by atoms with Gasteiger partial charge in [-0.2, -0.15) is 0 Å². The molecule has 1 aliphatic heterocycles. The quantitative estimate of drug-likeness (QED) is 0.877. The van der Waals surface area contributed by atoms with Crippen molar-refractivity contribution >= 4 is 33.1 Å². The number of amides is 1. The molecule has 19 heavy (non-hydrogen) atoms. The lowest BCUT2D eigenvalue weighted by atomic mass is 10.1. The topological polar surface area (TPSA) is 77.2 Å². The molecule has 2 aromatic heterocycles. The normalized spacial score (nSPS) is 16.6. The van der Waals surface area contributed by atoms with Crippen LogP contribution in [0.5, 0.6) is 0 Å². The van der Waals surface area contributed by atoms with Crippen molar-refractivity contribution in [2.24, 2.45) is 0 Å². The number of thiophene rings is 1. The summed E-state index contributed by atoms with van der Waals surface area (Å²) in [7, 11) is 0.